The zero-order chi connectivity index (χ0) is 13.5. The molecule has 0 radical (unpaired) electrons. The largest absolute Gasteiger partial charge is 0.704 e. The summed E-state index contributed by atoms with van der Waals surface area (Å²) in [7, 11) is -3.54. The average Bonchev–Trinajstić information content (AvgIpc) is 2.15. The molecule has 0 bridgehead atoms. The molecule has 0 amide bonds. The molecule has 0 rings (SSSR count). The predicted molar refractivity (Wildman–Crippen MR) is 60.8 cm³/mol. The van der Waals surface area contributed by atoms with Crippen molar-refractivity contribution in [2.45, 2.75) is 46.6 Å². The van der Waals surface area contributed by atoms with Gasteiger partial charge in [-0.2, -0.15) is 0 Å². The van der Waals surface area contributed by atoms with Crippen molar-refractivity contribution >= 4 is 26.7 Å². The normalized spacial score (nSPS) is 10.6. The molecule has 0 N–H and O–H groups in total. The minimum atomic E-state index is -3.54. The molecule has 0 fully saturated rings. The zero-order valence-corrected chi connectivity index (χ0v) is 11.6. The number of carbonyl (C=O) groups excluding carboxylic acids is 3. The standard InChI is InChI=1S/C10H18O6Si/c1-5-7-10(13)16-17(6-2,14-8(3)11)15-9(4)12/h5-7H2,1-4H3. The molecule has 0 aliphatic carbocycles. The van der Waals surface area contributed by atoms with E-state index in [9.17, 15) is 14.4 Å². The van der Waals surface area contributed by atoms with Crippen LogP contribution in [0.25, 0.3) is 0 Å². The van der Waals surface area contributed by atoms with Crippen molar-refractivity contribution in [3.63, 3.8) is 0 Å². The maximum absolute atomic E-state index is 11.4. The molecule has 0 atom stereocenters. The van der Waals surface area contributed by atoms with Crippen molar-refractivity contribution in [3.8, 4) is 0 Å². The molecular weight excluding hydrogens is 244 g/mol. The zero-order valence-electron chi connectivity index (χ0n) is 10.6. The van der Waals surface area contributed by atoms with E-state index in [0.717, 1.165) is 0 Å². The first-order chi connectivity index (χ1) is 7.85. The number of rotatable bonds is 6. The van der Waals surface area contributed by atoms with E-state index in [4.69, 9.17) is 13.3 Å². The van der Waals surface area contributed by atoms with Gasteiger partial charge in [0.1, 0.15) is 0 Å². The van der Waals surface area contributed by atoms with Crippen LogP contribution in [-0.2, 0) is 27.7 Å². The lowest BCUT2D eigenvalue weighted by molar-refractivity contribution is -0.148. The van der Waals surface area contributed by atoms with E-state index in [1.54, 1.807) is 6.92 Å². The van der Waals surface area contributed by atoms with Gasteiger partial charge < -0.3 is 13.3 Å². The second kappa shape index (κ2) is 7.05. The number of hydrogen-bond acceptors (Lipinski definition) is 6. The van der Waals surface area contributed by atoms with Crippen LogP contribution < -0.4 is 0 Å². The van der Waals surface area contributed by atoms with E-state index in [1.807, 2.05) is 6.92 Å². The molecule has 0 aliphatic heterocycles. The van der Waals surface area contributed by atoms with Crippen molar-refractivity contribution in [1.82, 2.24) is 0 Å². The van der Waals surface area contributed by atoms with Gasteiger partial charge in [0.05, 0.1) is 6.04 Å². The van der Waals surface area contributed by atoms with Gasteiger partial charge in [-0.25, -0.2) is 0 Å². The summed E-state index contributed by atoms with van der Waals surface area (Å²) in [5.41, 5.74) is 0. The third-order valence-corrected chi connectivity index (χ3v) is 4.36. The second-order valence-electron chi connectivity index (χ2n) is 3.45. The van der Waals surface area contributed by atoms with Gasteiger partial charge in [0.15, 0.2) is 0 Å². The molecule has 7 heteroatoms. The van der Waals surface area contributed by atoms with Crippen LogP contribution in [0.1, 0.15) is 40.5 Å². The fraction of sp³-hybridized carbons (Fsp3) is 0.700. The van der Waals surface area contributed by atoms with Gasteiger partial charge in [-0.3, -0.25) is 14.4 Å². The summed E-state index contributed by atoms with van der Waals surface area (Å²) >= 11 is 0. The SMILES string of the molecule is CCCC(=O)O[Si](CC)(OC(C)=O)OC(C)=O. The molecule has 0 aromatic heterocycles. The third kappa shape index (κ3) is 6.05. The highest BCUT2D eigenvalue weighted by Crippen LogP contribution is 2.17. The van der Waals surface area contributed by atoms with Crippen LogP contribution in [0.5, 0.6) is 0 Å². The van der Waals surface area contributed by atoms with Crippen molar-refractivity contribution in [1.29, 1.82) is 0 Å². The molecule has 0 aromatic rings. The van der Waals surface area contributed by atoms with Crippen molar-refractivity contribution in [3.05, 3.63) is 0 Å². The Morgan fingerprint density at radius 2 is 1.41 bits per heavy atom. The lowest BCUT2D eigenvalue weighted by Crippen LogP contribution is -2.49. The van der Waals surface area contributed by atoms with Gasteiger partial charge in [-0.15, -0.1) is 0 Å². The third-order valence-electron chi connectivity index (χ3n) is 1.75. The van der Waals surface area contributed by atoms with Crippen LogP contribution in [0.15, 0.2) is 0 Å². The molecule has 0 heterocycles. The van der Waals surface area contributed by atoms with Crippen LogP contribution in [-0.4, -0.2) is 26.7 Å². The van der Waals surface area contributed by atoms with E-state index in [0.29, 0.717) is 6.42 Å². The van der Waals surface area contributed by atoms with Crippen molar-refractivity contribution in [2.24, 2.45) is 0 Å². The van der Waals surface area contributed by atoms with Gasteiger partial charge in [-0.05, 0) is 6.42 Å². The molecule has 0 saturated heterocycles. The predicted octanol–water partition coefficient (Wildman–Crippen LogP) is 1.41. The van der Waals surface area contributed by atoms with Crippen LogP contribution in [0.4, 0.5) is 0 Å². The summed E-state index contributed by atoms with van der Waals surface area (Å²) in [6.07, 6.45) is 0.796. The Balaban J connectivity index is 4.83. The topological polar surface area (TPSA) is 78.9 Å². The molecule has 6 nitrogen and oxygen atoms in total. The molecule has 98 valence electrons. The molecule has 0 aromatic carbocycles. The van der Waals surface area contributed by atoms with Crippen LogP contribution in [0.2, 0.25) is 6.04 Å². The quantitative estimate of drug-likeness (QED) is 0.673. The second-order valence-corrected chi connectivity index (χ2v) is 6.13. The summed E-state index contributed by atoms with van der Waals surface area (Å²) in [5.74, 6) is -1.79. The first-order valence-electron chi connectivity index (χ1n) is 5.46. The number of carbonyl (C=O) groups is 3. The fourth-order valence-corrected chi connectivity index (χ4v) is 3.03. The minimum absolute atomic E-state index is 0.168. The maximum atomic E-state index is 11.4. The van der Waals surface area contributed by atoms with Crippen molar-refractivity contribution in [2.75, 3.05) is 0 Å². The van der Waals surface area contributed by atoms with Gasteiger partial charge in [0.2, 0.25) is 0 Å². The smallest absolute Gasteiger partial charge is 0.455 e. The highest BCUT2D eigenvalue weighted by Gasteiger charge is 2.50. The Labute approximate surface area is 102 Å². The van der Waals surface area contributed by atoms with E-state index >= 15 is 0 Å². The molecule has 17 heavy (non-hydrogen) atoms. The Morgan fingerprint density at radius 1 is 0.941 bits per heavy atom. The molecule has 0 unspecified atom stereocenters. The van der Waals surface area contributed by atoms with Gasteiger partial charge in [0.25, 0.3) is 17.9 Å². The summed E-state index contributed by atoms with van der Waals surface area (Å²) in [4.78, 5) is 33.3. The van der Waals surface area contributed by atoms with E-state index < -0.39 is 26.7 Å². The molecular formula is C10H18O6Si. The maximum Gasteiger partial charge on any atom is 0.704 e. The number of hydrogen-bond donors (Lipinski definition) is 0. The van der Waals surface area contributed by atoms with E-state index in [-0.39, 0.29) is 12.5 Å². The van der Waals surface area contributed by atoms with Crippen LogP contribution in [0.3, 0.4) is 0 Å². The van der Waals surface area contributed by atoms with Gasteiger partial charge >= 0.3 is 8.80 Å². The van der Waals surface area contributed by atoms with Crippen LogP contribution in [0, 0.1) is 0 Å². The monoisotopic (exact) mass is 262 g/mol. The lowest BCUT2D eigenvalue weighted by Gasteiger charge is -2.25. The Bertz CT molecular complexity index is 285. The minimum Gasteiger partial charge on any atom is -0.455 e. The lowest BCUT2D eigenvalue weighted by atomic mass is 10.4. The highest BCUT2D eigenvalue weighted by molar-refractivity contribution is 6.65. The molecule has 0 spiro atoms. The summed E-state index contributed by atoms with van der Waals surface area (Å²) < 4.78 is 14.9. The van der Waals surface area contributed by atoms with Gasteiger partial charge in [-0.1, -0.05) is 13.8 Å². The average molecular weight is 262 g/mol. The summed E-state index contributed by atoms with van der Waals surface area (Å²) in [5, 5.41) is 0. The Kier molecular flexibility index (Phi) is 6.48. The fourth-order valence-electron chi connectivity index (χ4n) is 1.15. The van der Waals surface area contributed by atoms with Crippen molar-refractivity contribution < 1.29 is 27.7 Å². The first kappa shape index (κ1) is 15.6. The van der Waals surface area contributed by atoms with E-state index in [1.165, 1.54) is 13.8 Å². The van der Waals surface area contributed by atoms with Crippen LogP contribution >= 0.6 is 0 Å². The summed E-state index contributed by atoms with van der Waals surface area (Å²) in [6, 6.07) is 0.168. The van der Waals surface area contributed by atoms with E-state index in [2.05, 4.69) is 0 Å². The van der Waals surface area contributed by atoms with Gasteiger partial charge in [0, 0.05) is 20.3 Å². The Morgan fingerprint density at radius 3 is 1.71 bits per heavy atom. The first-order valence-corrected chi connectivity index (χ1v) is 7.39. The molecule has 0 aliphatic rings. The highest BCUT2D eigenvalue weighted by atomic mass is 28.4. The molecule has 0 saturated carbocycles. The Hall–Kier alpha value is -1.37. The summed E-state index contributed by atoms with van der Waals surface area (Å²) in [6.45, 7) is 5.80.